The third kappa shape index (κ3) is 5.47. The minimum Gasteiger partial charge on any atom is -0.481 e. The van der Waals surface area contributed by atoms with Crippen LogP contribution in [0.5, 0.6) is 0 Å². The van der Waals surface area contributed by atoms with Gasteiger partial charge in [-0.1, -0.05) is 30.3 Å². The van der Waals surface area contributed by atoms with E-state index < -0.39 is 18.0 Å². The molecule has 0 aliphatic carbocycles. The molecular weight excluding hydrogens is 220 g/mol. The van der Waals surface area contributed by atoms with Crippen LogP contribution in [0, 0.1) is 5.92 Å². The number of aliphatic hydroxyl groups excluding tert-OH is 1. The SMILES string of the molecule is CC(O)CC(COCc1ccccc1)C(=O)O. The highest BCUT2D eigenvalue weighted by atomic mass is 16.5. The molecule has 0 saturated heterocycles. The van der Waals surface area contributed by atoms with Gasteiger partial charge in [-0.05, 0) is 18.9 Å². The molecule has 0 radical (unpaired) electrons. The molecule has 1 aromatic rings. The summed E-state index contributed by atoms with van der Waals surface area (Å²) >= 11 is 0. The van der Waals surface area contributed by atoms with Crippen LogP contribution in [-0.4, -0.2) is 28.9 Å². The van der Waals surface area contributed by atoms with E-state index in [1.807, 2.05) is 30.3 Å². The molecule has 2 N–H and O–H groups in total. The van der Waals surface area contributed by atoms with Gasteiger partial charge in [0.25, 0.3) is 0 Å². The van der Waals surface area contributed by atoms with Crippen molar-refractivity contribution in [3.05, 3.63) is 35.9 Å². The van der Waals surface area contributed by atoms with Crippen molar-refractivity contribution in [3.63, 3.8) is 0 Å². The summed E-state index contributed by atoms with van der Waals surface area (Å²) in [6.07, 6.45) is -0.416. The van der Waals surface area contributed by atoms with Gasteiger partial charge in [0.05, 0.1) is 25.2 Å². The smallest absolute Gasteiger partial charge is 0.308 e. The Morgan fingerprint density at radius 1 is 1.35 bits per heavy atom. The molecule has 94 valence electrons. The lowest BCUT2D eigenvalue weighted by Crippen LogP contribution is -2.23. The van der Waals surface area contributed by atoms with Gasteiger partial charge in [-0.2, -0.15) is 0 Å². The maximum Gasteiger partial charge on any atom is 0.308 e. The molecule has 17 heavy (non-hydrogen) atoms. The Bertz CT molecular complexity index is 335. The quantitative estimate of drug-likeness (QED) is 0.758. The van der Waals surface area contributed by atoms with E-state index in [2.05, 4.69) is 0 Å². The molecule has 0 aliphatic heterocycles. The van der Waals surface area contributed by atoms with E-state index in [1.165, 1.54) is 0 Å². The summed E-state index contributed by atoms with van der Waals surface area (Å²) in [5.74, 6) is -1.59. The number of hydrogen-bond acceptors (Lipinski definition) is 3. The second kappa shape index (κ2) is 7.04. The summed E-state index contributed by atoms with van der Waals surface area (Å²) in [7, 11) is 0. The Morgan fingerprint density at radius 2 is 2.00 bits per heavy atom. The van der Waals surface area contributed by atoms with Crippen LogP contribution in [0.15, 0.2) is 30.3 Å². The average Bonchev–Trinajstić information content (AvgIpc) is 2.28. The van der Waals surface area contributed by atoms with Gasteiger partial charge < -0.3 is 14.9 Å². The molecule has 2 atom stereocenters. The van der Waals surface area contributed by atoms with E-state index in [0.717, 1.165) is 5.56 Å². The highest BCUT2D eigenvalue weighted by Crippen LogP contribution is 2.09. The van der Waals surface area contributed by atoms with Crippen LogP contribution in [0.3, 0.4) is 0 Å². The first-order valence-electron chi connectivity index (χ1n) is 5.62. The Labute approximate surface area is 101 Å². The number of carbonyl (C=O) groups is 1. The minimum atomic E-state index is -0.932. The molecule has 1 aromatic carbocycles. The van der Waals surface area contributed by atoms with Gasteiger partial charge in [0.1, 0.15) is 0 Å². The van der Waals surface area contributed by atoms with Crippen molar-refractivity contribution in [1.82, 2.24) is 0 Å². The van der Waals surface area contributed by atoms with E-state index >= 15 is 0 Å². The molecule has 0 spiro atoms. The molecule has 2 unspecified atom stereocenters. The van der Waals surface area contributed by atoms with Crippen molar-refractivity contribution in [2.75, 3.05) is 6.61 Å². The average molecular weight is 238 g/mol. The lowest BCUT2D eigenvalue weighted by molar-refractivity contribution is -0.145. The highest BCUT2D eigenvalue weighted by Gasteiger charge is 2.19. The Hall–Kier alpha value is -1.39. The predicted octanol–water partition coefficient (Wildman–Crippen LogP) is 1.67. The molecule has 0 fully saturated rings. The number of hydrogen-bond donors (Lipinski definition) is 2. The van der Waals surface area contributed by atoms with Crippen LogP contribution >= 0.6 is 0 Å². The lowest BCUT2D eigenvalue weighted by atomic mass is 10.0. The van der Waals surface area contributed by atoms with Gasteiger partial charge in [-0.15, -0.1) is 0 Å². The summed E-state index contributed by atoms with van der Waals surface area (Å²) in [6.45, 7) is 2.09. The Balaban J connectivity index is 2.35. The van der Waals surface area contributed by atoms with E-state index in [0.29, 0.717) is 6.61 Å². The molecule has 0 aliphatic rings. The first-order chi connectivity index (χ1) is 8.09. The van der Waals surface area contributed by atoms with Crippen LogP contribution in [0.2, 0.25) is 0 Å². The number of carboxylic acids is 1. The van der Waals surface area contributed by atoms with Crippen molar-refractivity contribution in [3.8, 4) is 0 Å². The summed E-state index contributed by atoms with van der Waals surface area (Å²) in [5, 5.41) is 18.1. The zero-order valence-corrected chi connectivity index (χ0v) is 9.87. The number of benzene rings is 1. The van der Waals surface area contributed by atoms with Gasteiger partial charge in [0.2, 0.25) is 0 Å². The van der Waals surface area contributed by atoms with Crippen LogP contribution in [-0.2, 0) is 16.1 Å². The van der Waals surface area contributed by atoms with Gasteiger partial charge in [0.15, 0.2) is 0 Å². The summed E-state index contributed by atoms with van der Waals surface area (Å²) < 4.78 is 5.35. The van der Waals surface area contributed by atoms with Crippen LogP contribution in [0.25, 0.3) is 0 Å². The number of carboxylic acid groups (broad SMARTS) is 1. The number of aliphatic carboxylic acids is 1. The van der Waals surface area contributed by atoms with Crippen molar-refractivity contribution >= 4 is 5.97 Å². The highest BCUT2D eigenvalue weighted by molar-refractivity contribution is 5.70. The molecule has 0 saturated carbocycles. The predicted molar refractivity (Wildman–Crippen MR) is 63.5 cm³/mol. The first-order valence-corrected chi connectivity index (χ1v) is 5.62. The second-order valence-electron chi connectivity index (χ2n) is 4.12. The van der Waals surface area contributed by atoms with Crippen LogP contribution < -0.4 is 0 Å². The second-order valence-corrected chi connectivity index (χ2v) is 4.12. The standard InChI is InChI=1S/C13H18O4/c1-10(14)7-12(13(15)16)9-17-8-11-5-3-2-4-6-11/h2-6,10,12,14H,7-9H2,1H3,(H,15,16). The molecular formula is C13H18O4. The zero-order chi connectivity index (χ0) is 12.7. The third-order valence-electron chi connectivity index (χ3n) is 2.41. The number of ether oxygens (including phenoxy) is 1. The first kappa shape index (κ1) is 13.7. The van der Waals surface area contributed by atoms with Gasteiger partial charge in [0, 0.05) is 0 Å². The topological polar surface area (TPSA) is 66.8 Å². The molecule has 1 rings (SSSR count). The minimum absolute atomic E-state index is 0.120. The summed E-state index contributed by atoms with van der Waals surface area (Å²) in [5.41, 5.74) is 1.01. The fraction of sp³-hybridized carbons (Fsp3) is 0.462. The zero-order valence-electron chi connectivity index (χ0n) is 9.87. The summed E-state index contributed by atoms with van der Waals surface area (Å²) in [6, 6.07) is 9.57. The van der Waals surface area contributed by atoms with E-state index in [-0.39, 0.29) is 13.0 Å². The van der Waals surface area contributed by atoms with E-state index in [4.69, 9.17) is 14.9 Å². The maximum atomic E-state index is 10.9. The molecule has 0 amide bonds. The number of rotatable bonds is 7. The molecule has 4 nitrogen and oxygen atoms in total. The molecule has 0 heterocycles. The Kier molecular flexibility index (Phi) is 5.66. The van der Waals surface area contributed by atoms with Gasteiger partial charge in [-0.25, -0.2) is 0 Å². The maximum absolute atomic E-state index is 10.9. The normalized spacial score (nSPS) is 14.2. The largest absolute Gasteiger partial charge is 0.481 e. The molecule has 4 heteroatoms. The third-order valence-corrected chi connectivity index (χ3v) is 2.41. The monoisotopic (exact) mass is 238 g/mol. The van der Waals surface area contributed by atoms with Crippen LogP contribution in [0.1, 0.15) is 18.9 Å². The van der Waals surface area contributed by atoms with Gasteiger partial charge in [-0.3, -0.25) is 4.79 Å². The fourth-order valence-electron chi connectivity index (χ4n) is 1.55. The van der Waals surface area contributed by atoms with Gasteiger partial charge >= 0.3 is 5.97 Å². The number of aliphatic hydroxyl groups is 1. The van der Waals surface area contributed by atoms with Crippen molar-refractivity contribution in [1.29, 1.82) is 0 Å². The van der Waals surface area contributed by atoms with Crippen molar-refractivity contribution in [2.24, 2.45) is 5.92 Å². The lowest BCUT2D eigenvalue weighted by Gasteiger charge is -2.14. The van der Waals surface area contributed by atoms with Crippen molar-refractivity contribution < 1.29 is 19.7 Å². The van der Waals surface area contributed by atoms with Crippen LogP contribution in [0.4, 0.5) is 0 Å². The van der Waals surface area contributed by atoms with E-state index in [1.54, 1.807) is 6.92 Å². The fourth-order valence-corrected chi connectivity index (χ4v) is 1.55. The van der Waals surface area contributed by atoms with Crippen molar-refractivity contribution in [2.45, 2.75) is 26.1 Å². The molecule has 0 bridgehead atoms. The molecule has 0 aromatic heterocycles. The van der Waals surface area contributed by atoms with E-state index in [9.17, 15) is 4.79 Å². The Morgan fingerprint density at radius 3 is 2.53 bits per heavy atom. The summed E-state index contributed by atoms with van der Waals surface area (Å²) in [4.78, 5) is 10.9.